The maximum absolute atomic E-state index is 6.31. The van der Waals surface area contributed by atoms with Gasteiger partial charge >= 0.3 is 0 Å². The molecule has 1 aliphatic rings. The van der Waals surface area contributed by atoms with E-state index in [1.54, 1.807) is 7.11 Å². The van der Waals surface area contributed by atoms with Gasteiger partial charge in [0, 0.05) is 18.0 Å². The van der Waals surface area contributed by atoms with Crippen molar-refractivity contribution in [3.8, 4) is 11.5 Å². The van der Waals surface area contributed by atoms with Gasteiger partial charge in [-0.1, -0.05) is 19.8 Å². The molecule has 1 heterocycles. The summed E-state index contributed by atoms with van der Waals surface area (Å²) < 4.78 is 11.4. The summed E-state index contributed by atoms with van der Waals surface area (Å²) >= 11 is 0. The Morgan fingerprint density at radius 1 is 1.42 bits per heavy atom. The fourth-order valence-corrected chi connectivity index (χ4v) is 2.82. The van der Waals surface area contributed by atoms with Gasteiger partial charge in [-0.2, -0.15) is 0 Å². The Kier molecular flexibility index (Phi) is 4.35. The third-order valence-electron chi connectivity index (χ3n) is 3.93. The van der Waals surface area contributed by atoms with Crippen LogP contribution in [0.25, 0.3) is 0 Å². The number of benzene rings is 1. The molecule has 0 radical (unpaired) electrons. The highest BCUT2D eigenvalue weighted by Crippen LogP contribution is 2.41. The fraction of sp³-hybridized carbons (Fsp3) is 0.625. The van der Waals surface area contributed by atoms with Crippen LogP contribution < -0.4 is 15.2 Å². The van der Waals surface area contributed by atoms with Gasteiger partial charge in [-0.05, 0) is 38.0 Å². The minimum absolute atomic E-state index is 0.0328. The number of hydrogen-bond acceptors (Lipinski definition) is 3. The molecule has 1 unspecified atom stereocenters. The molecule has 0 fully saturated rings. The van der Waals surface area contributed by atoms with Crippen LogP contribution in [0.4, 0.5) is 0 Å². The minimum Gasteiger partial charge on any atom is -0.497 e. The molecule has 3 heteroatoms. The van der Waals surface area contributed by atoms with Gasteiger partial charge in [0.2, 0.25) is 0 Å². The highest BCUT2D eigenvalue weighted by atomic mass is 16.5. The van der Waals surface area contributed by atoms with Crippen molar-refractivity contribution < 1.29 is 9.47 Å². The summed E-state index contributed by atoms with van der Waals surface area (Å²) in [6.45, 7) is 4.40. The summed E-state index contributed by atoms with van der Waals surface area (Å²) in [7, 11) is 1.67. The monoisotopic (exact) mass is 263 g/mol. The standard InChI is InChI=1S/C16H25NO2/c1-4-5-6-9-16(2)11-14(17)13-10-12(18-3)7-8-15(13)19-16/h7-8,10,14H,4-6,9,11,17H2,1-3H3/t14-,16?/m1/s1. The molecule has 1 aromatic carbocycles. The molecule has 2 rings (SSSR count). The Hall–Kier alpha value is -1.22. The van der Waals surface area contributed by atoms with Gasteiger partial charge in [0.1, 0.15) is 17.1 Å². The highest BCUT2D eigenvalue weighted by molar-refractivity contribution is 5.44. The van der Waals surface area contributed by atoms with Crippen LogP contribution in [0.15, 0.2) is 18.2 Å². The van der Waals surface area contributed by atoms with Gasteiger partial charge < -0.3 is 15.2 Å². The van der Waals surface area contributed by atoms with E-state index in [4.69, 9.17) is 15.2 Å². The SMILES string of the molecule is CCCCCC1(C)C[C@@H](N)c2cc(OC)ccc2O1. The molecule has 1 aromatic rings. The van der Waals surface area contributed by atoms with E-state index < -0.39 is 0 Å². The van der Waals surface area contributed by atoms with Crippen LogP contribution in [-0.4, -0.2) is 12.7 Å². The van der Waals surface area contributed by atoms with Crippen LogP contribution in [0.3, 0.4) is 0 Å². The van der Waals surface area contributed by atoms with Crippen molar-refractivity contribution in [3.05, 3.63) is 23.8 Å². The van der Waals surface area contributed by atoms with E-state index >= 15 is 0 Å². The van der Waals surface area contributed by atoms with E-state index in [-0.39, 0.29) is 11.6 Å². The fourth-order valence-electron chi connectivity index (χ4n) is 2.82. The van der Waals surface area contributed by atoms with E-state index in [0.29, 0.717) is 0 Å². The molecule has 2 N–H and O–H groups in total. The average Bonchev–Trinajstić information content (AvgIpc) is 2.38. The molecular weight excluding hydrogens is 238 g/mol. The number of unbranched alkanes of at least 4 members (excludes halogenated alkanes) is 2. The Bertz CT molecular complexity index is 433. The second kappa shape index (κ2) is 5.83. The van der Waals surface area contributed by atoms with E-state index in [2.05, 4.69) is 13.8 Å². The third kappa shape index (κ3) is 3.21. The van der Waals surface area contributed by atoms with Gasteiger partial charge in [0.05, 0.1) is 7.11 Å². The highest BCUT2D eigenvalue weighted by Gasteiger charge is 2.35. The first-order chi connectivity index (χ1) is 9.08. The zero-order valence-corrected chi connectivity index (χ0v) is 12.2. The van der Waals surface area contributed by atoms with Crippen LogP contribution >= 0.6 is 0 Å². The molecule has 3 nitrogen and oxygen atoms in total. The molecular formula is C16H25NO2. The molecule has 0 aliphatic carbocycles. The summed E-state index contributed by atoms with van der Waals surface area (Å²) in [4.78, 5) is 0. The molecule has 0 spiro atoms. The van der Waals surface area contributed by atoms with Crippen molar-refractivity contribution >= 4 is 0 Å². The minimum atomic E-state index is -0.129. The van der Waals surface area contributed by atoms with Crippen LogP contribution in [0.5, 0.6) is 11.5 Å². The van der Waals surface area contributed by atoms with Crippen molar-refractivity contribution in [2.24, 2.45) is 5.73 Å². The summed E-state index contributed by atoms with van der Waals surface area (Å²) in [5.41, 5.74) is 7.25. The maximum Gasteiger partial charge on any atom is 0.125 e. The molecule has 0 saturated heterocycles. The molecule has 0 bridgehead atoms. The second-order valence-corrected chi connectivity index (χ2v) is 5.72. The summed E-state index contributed by atoms with van der Waals surface area (Å²) in [5.74, 6) is 1.76. The first-order valence-electron chi connectivity index (χ1n) is 7.20. The van der Waals surface area contributed by atoms with Crippen molar-refractivity contribution in [2.75, 3.05) is 7.11 Å². The quantitative estimate of drug-likeness (QED) is 0.821. The van der Waals surface area contributed by atoms with Gasteiger partial charge in [0.15, 0.2) is 0 Å². The van der Waals surface area contributed by atoms with Crippen molar-refractivity contribution in [1.82, 2.24) is 0 Å². The second-order valence-electron chi connectivity index (χ2n) is 5.72. The topological polar surface area (TPSA) is 44.5 Å². The lowest BCUT2D eigenvalue weighted by atomic mass is 9.85. The predicted octanol–water partition coefficient (Wildman–Crippen LogP) is 3.82. The number of hydrogen-bond donors (Lipinski definition) is 1. The van der Waals surface area contributed by atoms with Crippen LogP contribution in [0.1, 0.15) is 57.6 Å². The van der Waals surface area contributed by atoms with E-state index in [1.165, 1.54) is 19.3 Å². The van der Waals surface area contributed by atoms with Crippen LogP contribution in [0.2, 0.25) is 0 Å². The molecule has 106 valence electrons. The average molecular weight is 263 g/mol. The Morgan fingerprint density at radius 3 is 2.89 bits per heavy atom. The van der Waals surface area contributed by atoms with Gasteiger partial charge in [-0.25, -0.2) is 0 Å². The lowest BCUT2D eigenvalue weighted by Gasteiger charge is -2.39. The molecule has 0 amide bonds. The molecule has 2 atom stereocenters. The Labute approximate surface area is 116 Å². The molecule has 19 heavy (non-hydrogen) atoms. The van der Waals surface area contributed by atoms with Crippen molar-refractivity contribution in [1.29, 1.82) is 0 Å². The number of nitrogens with two attached hydrogens (primary N) is 1. The zero-order chi connectivity index (χ0) is 13.9. The number of fused-ring (bicyclic) bond motifs is 1. The zero-order valence-electron chi connectivity index (χ0n) is 12.2. The number of rotatable bonds is 5. The smallest absolute Gasteiger partial charge is 0.125 e. The largest absolute Gasteiger partial charge is 0.497 e. The predicted molar refractivity (Wildman–Crippen MR) is 77.7 cm³/mol. The van der Waals surface area contributed by atoms with Gasteiger partial charge in [0.25, 0.3) is 0 Å². The number of ether oxygens (including phenoxy) is 2. The van der Waals surface area contributed by atoms with E-state index in [9.17, 15) is 0 Å². The number of methoxy groups -OCH3 is 1. The van der Waals surface area contributed by atoms with Crippen LogP contribution in [0, 0.1) is 0 Å². The van der Waals surface area contributed by atoms with Gasteiger partial charge in [-0.15, -0.1) is 0 Å². The first-order valence-corrected chi connectivity index (χ1v) is 7.20. The van der Waals surface area contributed by atoms with Crippen molar-refractivity contribution in [2.45, 2.75) is 57.6 Å². The molecule has 0 aromatic heterocycles. The van der Waals surface area contributed by atoms with Gasteiger partial charge in [-0.3, -0.25) is 0 Å². The maximum atomic E-state index is 6.31. The summed E-state index contributed by atoms with van der Waals surface area (Å²) in [6.07, 6.45) is 5.63. The lowest BCUT2D eigenvalue weighted by Crippen LogP contribution is -2.40. The normalized spacial score (nSPS) is 25.6. The molecule has 1 aliphatic heterocycles. The van der Waals surface area contributed by atoms with E-state index in [0.717, 1.165) is 29.9 Å². The third-order valence-corrected chi connectivity index (χ3v) is 3.93. The Morgan fingerprint density at radius 2 is 2.21 bits per heavy atom. The summed E-state index contributed by atoms with van der Waals surface area (Å²) in [6, 6.07) is 5.94. The first kappa shape index (κ1) is 14.2. The van der Waals surface area contributed by atoms with Crippen LogP contribution in [-0.2, 0) is 0 Å². The Balaban J connectivity index is 2.15. The molecule has 0 saturated carbocycles. The van der Waals surface area contributed by atoms with Crippen molar-refractivity contribution in [3.63, 3.8) is 0 Å². The lowest BCUT2D eigenvalue weighted by molar-refractivity contribution is 0.0429. The van der Waals surface area contributed by atoms with E-state index in [1.807, 2.05) is 18.2 Å². The summed E-state index contributed by atoms with van der Waals surface area (Å²) in [5, 5.41) is 0.